The van der Waals surface area contributed by atoms with Gasteiger partial charge in [-0.3, -0.25) is 0 Å². The van der Waals surface area contributed by atoms with Gasteiger partial charge in [-0.2, -0.15) is 0 Å². The third-order valence-electron chi connectivity index (χ3n) is 2.50. The summed E-state index contributed by atoms with van der Waals surface area (Å²) in [4.78, 5) is 2.57. The van der Waals surface area contributed by atoms with Crippen molar-refractivity contribution in [2.75, 3.05) is 6.54 Å². The average Bonchev–Trinajstić information content (AvgIpc) is 2.38. The quantitative estimate of drug-likeness (QED) is 0.393. The van der Waals surface area contributed by atoms with Gasteiger partial charge in [0.05, 0.1) is 12.7 Å². The van der Waals surface area contributed by atoms with Crippen LogP contribution in [0.2, 0.25) is 0 Å². The summed E-state index contributed by atoms with van der Waals surface area (Å²) in [6.45, 7) is -0.0771. The van der Waals surface area contributed by atoms with E-state index in [1.807, 2.05) is 0 Å². The molecule has 0 aromatic heterocycles. The summed E-state index contributed by atoms with van der Waals surface area (Å²) in [5.74, 6) is 0. The van der Waals surface area contributed by atoms with Crippen molar-refractivity contribution in [2.45, 2.75) is 25.2 Å². The number of aliphatic hydroxyl groups excluding tert-OH is 3. The van der Waals surface area contributed by atoms with Gasteiger partial charge in [-0.25, -0.2) is 0 Å². The van der Waals surface area contributed by atoms with Gasteiger partial charge in [0.2, 0.25) is 0 Å². The van der Waals surface area contributed by atoms with Gasteiger partial charge in [0, 0.05) is 11.5 Å². The van der Waals surface area contributed by atoms with Gasteiger partial charge < -0.3 is 15.3 Å². The molecule has 0 aliphatic heterocycles. The second kappa shape index (κ2) is 6.88. The zero-order chi connectivity index (χ0) is 12.7. The van der Waals surface area contributed by atoms with E-state index in [-0.39, 0.29) is 19.6 Å². The SMILES string of the molecule is [N-]=[N+]=NCCC(O)C(O)c1ccccc1CO. The maximum Gasteiger partial charge on any atom is 0.105 e. The fourth-order valence-corrected chi connectivity index (χ4v) is 1.57. The molecule has 3 N–H and O–H groups in total. The van der Waals surface area contributed by atoms with E-state index in [2.05, 4.69) is 10.0 Å². The van der Waals surface area contributed by atoms with Crippen LogP contribution in [0, 0.1) is 0 Å². The summed E-state index contributed by atoms with van der Waals surface area (Å²) in [6.07, 6.45) is -1.94. The number of rotatable bonds is 6. The van der Waals surface area contributed by atoms with E-state index in [0.717, 1.165) is 0 Å². The molecule has 1 aromatic rings. The molecule has 0 heterocycles. The predicted octanol–water partition coefficient (Wildman–Crippen LogP) is 1.27. The first-order valence-corrected chi connectivity index (χ1v) is 5.26. The maximum atomic E-state index is 9.90. The van der Waals surface area contributed by atoms with Crippen molar-refractivity contribution in [3.63, 3.8) is 0 Å². The smallest absolute Gasteiger partial charge is 0.105 e. The number of nitrogens with zero attached hydrogens (tertiary/aromatic N) is 3. The minimum absolute atomic E-state index is 0.121. The van der Waals surface area contributed by atoms with Crippen LogP contribution in [0.1, 0.15) is 23.7 Å². The van der Waals surface area contributed by atoms with Gasteiger partial charge in [-0.1, -0.05) is 29.4 Å². The summed E-state index contributed by atoms with van der Waals surface area (Å²) in [5.41, 5.74) is 9.16. The van der Waals surface area contributed by atoms with Crippen LogP contribution in [0.3, 0.4) is 0 Å². The molecule has 0 saturated carbocycles. The summed E-state index contributed by atoms with van der Waals surface area (Å²) in [5, 5.41) is 32.0. The predicted molar refractivity (Wildman–Crippen MR) is 62.0 cm³/mol. The molecule has 0 radical (unpaired) electrons. The molecule has 2 atom stereocenters. The molecule has 0 amide bonds. The third-order valence-corrected chi connectivity index (χ3v) is 2.50. The number of hydrogen-bond donors (Lipinski definition) is 3. The van der Waals surface area contributed by atoms with Gasteiger partial charge in [-0.05, 0) is 23.1 Å². The van der Waals surface area contributed by atoms with Gasteiger partial charge in [0.25, 0.3) is 0 Å². The third kappa shape index (κ3) is 3.72. The van der Waals surface area contributed by atoms with Crippen molar-refractivity contribution >= 4 is 0 Å². The Bertz CT molecular complexity index is 405. The highest BCUT2D eigenvalue weighted by Crippen LogP contribution is 2.22. The number of hydrogen-bond acceptors (Lipinski definition) is 4. The van der Waals surface area contributed by atoms with Gasteiger partial charge in [0.1, 0.15) is 6.10 Å². The van der Waals surface area contributed by atoms with E-state index >= 15 is 0 Å². The highest BCUT2D eigenvalue weighted by Gasteiger charge is 2.19. The van der Waals surface area contributed by atoms with Crippen molar-refractivity contribution < 1.29 is 15.3 Å². The average molecular weight is 237 g/mol. The molecule has 0 aliphatic carbocycles. The molecule has 0 bridgehead atoms. The molecule has 6 nitrogen and oxygen atoms in total. The topological polar surface area (TPSA) is 109 Å². The van der Waals surface area contributed by atoms with Gasteiger partial charge in [0.15, 0.2) is 0 Å². The standard InChI is InChI=1S/C11H15N3O3/c12-14-13-6-5-10(16)11(17)9-4-2-1-3-8(9)7-15/h1-4,10-11,15-17H,5-7H2. The maximum absolute atomic E-state index is 9.90. The Balaban J connectivity index is 2.73. The van der Waals surface area contributed by atoms with Crippen LogP contribution < -0.4 is 0 Å². The largest absolute Gasteiger partial charge is 0.392 e. The van der Waals surface area contributed by atoms with E-state index in [4.69, 9.17) is 10.6 Å². The minimum atomic E-state index is -1.09. The summed E-state index contributed by atoms with van der Waals surface area (Å²) >= 11 is 0. The molecular weight excluding hydrogens is 222 g/mol. The van der Waals surface area contributed by atoms with Gasteiger partial charge >= 0.3 is 0 Å². The second-order valence-electron chi connectivity index (χ2n) is 3.61. The van der Waals surface area contributed by atoms with Crippen molar-refractivity contribution in [1.82, 2.24) is 0 Å². The number of aliphatic hydroxyl groups is 3. The Morgan fingerprint density at radius 2 is 2.00 bits per heavy atom. The zero-order valence-corrected chi connectivity index (χ0v) is 9.27. The molecule has 1 rings (SSSR count). The van der Waals surface area contributed by atoms with E-state index in [9.17, 15) is 10.2 Å². The Hall–Kier alpha value is -1.59. The molecule has 17 heavy (non-hydrogen) atoms. The highest BCUT2D eigenvalue weighted by molar-refractivity contribution is 5.29. The fraction of sp³-hybridized carbons (Fsp3) is 0.455. The molecule has 1 aromatic carbocycles. The molecule has 92 valence electrons. The Morgan fingerprint density at radius 3 is 2.65 bits per heavy atom. The zero-order valence-electron chi connectivity index (χ0n) is 9.27. The van der Waals surface area contributed by atoms with E-state index in [1.54, 1.807) is 24.3 Å². The molecule has 0 fully saturated rings. The lowest BCUT2D eigenvalue weighted by molar-refractivity contribution is 0.0139. The van der Waals surface area contributed by atoms with Gasteiger partial charge in [-0.15, -0.1) is 0 Å². The number of benzene rings is 1. The van der Waals surface area contributed by atoms with Crippen LogP contribution in [-0.2, 0) is 6.61 Å². The van der Waals surface area contributed by atoms with E-state index in [0.29, 0.717) is 11.1 Å². The Morgan fingerprint density at radius 1 is 1.29 bits per heavy atom. The minimum Gasteiger partial charge on any atom is -0.392 e. The molecule has 0 aliphatic rings. The molecule has 0 spiro atoms. The molecule has 6 heteroatoms. The highest BCUT2D eigenvalue weighted by atomic mass is 16.3. The lowest BCUT2D eigenvalue weighted by atomic mass is 9.97. The first kappa shape index (κ1) is 13.5. The van der Waals surface area contributed by atoms with Crippen LogP contribution in [0.4, 0.5) is 0 Å². The Labute approximate surface area is 98.8 Å². The lowest BCUT2D eigenvalue weighted by Gasteiger charge is -2.19. The van der Waals surface area contributed by atoms with Crippen LogP contribution in [0.25, 0.3) is 10.4 Å². The lowest BCUT2D eigenvalue weighted by Crippen LogP contribution is -2.20. The molecule has 2 unspecified atom stereocenters. The summed E-state index contributed by atoms with van der Waals surface area (Å²) in [6, 6.07) is 6.79. The summed E-state index contributed by atoms with van der Waals surface area (Å²) < 4.78 is 0. The van der Waals surface area contributed by atoms with Crippen LogP contribution >= 0.6 is 0 Å². The first-order valence-electron chi connectivity index (χ1n) is 5.26. The molecular formula is C11H15N3O3. The summed E-state index contributed by atoms with van der Waals surface area (Å²) in [7, 11) is 0. The Kier molecular flexibility index (Phi) is 5.45. The normalized spacial score (nSPS) is 13.8. The fourth-order valence-electron chi connectivity index (χ4n) is 1.57. The first-order chi connectivity index (χ1) is 8.20. The monoisotopic (exact) mass is 237 g/mol. The van der Waals surface area contributed by atoms with E-state index < -0.39 is 12.2 Å². The van der Waals surface area contributed by atoms with Crippen LogP contribution in [0.15, 0.2) is 29.4 Å². The van der Waals surface area contributed by atoms with Crippen molar-refractivity contribution in [3.05, 3.63) is 45.8 Å². The van der Waals surface area contributed by atoms with Crippen LogP contribution in [0.5, 0.6) is 0 Å². The van der Waals surface area contributed by atoms with E-state index in [1.165, 1.54) is 0 Å². The number of azide groups is 1. The molecule has 0 saturated heterocycles. The van der Waals surface area contributed by atoms with Crippen molar-refractivity contribution in [1.29, 1.82) is 0 Å². The van der Waals surface area contributed by atoms with Crippen molar-refractivity contribution in [2.24, 2.45) is 5.11 Å². The van der Waals surface area contributed by atoms with Crippen molar-refractivity contribution in [3.8, 4) is 0 Å². The van der Waals surface area contributed by atoms with Crippen LogP contribution in [-0.4, -0.2) is 28.0 Å². The second-order valence-corrected chi connectivity index (χ2v) is 3.61.